The molecule has 5 N–H and O–H groups in total. The summed E-state index contributed by atoms with van der Waals surface area (Å²) in [6, 6.07) is 29.2. The molecule has 0 spiro atoms. The summed E-state index contributed by atoms with van der Waals surface area (Å²) >= 11 is 0. The minimum atomic E-state index is -2.31. The number of aliphatic hydroxyl groups excluding tert-OH is 2. The third-order valence-electron chi connectivity index (χ3n) is 14.1. The minimum Gasteiger partial charge on any atom is -0.455 e. The van der Waals surface area contributed by atoms with Gasteiger partial charge in [0.05, 0.1) is 35.9 Å². The topological polar surface area (TPSA) is 202 Å². The van der Waals surface area contributed by atoms with Crippen LogP contribution in [0.3, 0.4) is 0 Å². The third kappa shape index (κ3) is 8.99. The van der Waals surface area contributed by atoms with E-state index in [1.54, 1.807) is 136 Å². The Balaban J connectivity index is 0.00000350. The molecule has 14 nitrogen and oxygen atoms in total. The molecule has 3 aromatic carbocycles. The first kappa shape index (κ1) is 51.5. The second-order valence-electron chi connectivity index (χ2n) is 18.0. The number of hydrogen-bond acceptors (Lipinski definition) is 12. The molecule has 2 radical (unpaired) electrons. The monoisotopic (exact) mass is 1320 g/mol. The van der Waals surface area contributed by atoms with Gasteiger partial charge in [-0.05, 0) is 60.9 Å². The molecule has 2 saturated carbocycles. The van der Waals surface area contributed by atoms with Crippen LogP contribution >= 0.6 is 0 Å². The second-order valence-corrected chi connectivity index (χ2v) is 18.0. The van der Waals surface area contributed by atoms with Crippen molar-refractivity contribution in [1.82, 2.24) is 5.32 Å². The van der Waals surface area contributed by atoms with Gasteiger partial charge in [-0.2, -0.15) is 4.57 Å². The van der Waals surface area contributed by atoms with Crippen LogP contribution in [-0.2, 0) is 30.8 Å². The normalized spacial score (nSPS) is 30.7. The van der Waals surface area contributed by atoms with Gasteiger partial charge in [0.1, 0.15) is 42.6 Å². The molecule has 336 valence electrons. The maximum atomic E-state index is 15.1. The van der Waals surface area contributed by atoms with Gasteiger partial charge < -0.3 is 44.7 Å². The average molecular weight is 1320 g/mol. The van der Waals surface area contributed by atoms with Crippen LogP contribution < -0.4 is 14.6 Å². The van der Waals surface area contributed by atoms with E-state index in [0.717, 1.165) is 0 Å². The Bertz CT molecular complexity index is 2440. The number of carbonyl (C=O) groups excluding carboxylic acids is 4. The summed E-state index contributed by atoms with van der Waals surface area (Å²) in [5.74, 6) is -4.52. The van der Waals surface area contributed by atoms with Gasteiger partial charge in [-0.15, -0.1) is 0 Å². The van der Waals surface area contributed by atoms with Gasteiger partial charge in [0.25, 0.3) is 5.91 Å². The van der Waals surface area contributed by atoms with E-state index < -0.39 is 101 Å². The van der Waals surface area contributed by atoms with E-state index in [0.29, 0.717) is 11.1 Å². The number of ether oxygens (including phenoxy) is 4. The number of aliphatic hydroxyl groups is 4. The number of aryl methyl sites for hydroxylation is 1. The number of rotatable bonds is 10. The summed E-state index contributed by atoms with van der Waals surface area (Å²) in [6.45, 7) is 5.87. The van der Waals surface area contributed by atoms with Gasteiger partial charge in [0, 0.05) is 124 Å². The molecular weight excluding hydrogens is 1260 g/mol. The van der Waals surface area contributed by atoms with E-state index in [-0.39, 0.29) is 124 Å². The molecule has 3 aliphatic carbocycles. The van der Waals surface area contributed by atoms with E-state index in [9.17, 15) is 34.8 Å². The maximum Gasteiger partial charge on any atom is 0.368 e. The van der Waals surface area contributed by atoms with Gasteiger partial charge in [0.2, 0.25) is 6.10 Å². The molecule has 11 atom stereocenters. The molecule has 3 fully saturated rings. The molecular formula is C49H53Ac2N2O12+. The summed E-state index contributed by atoms with van der Waals surface area (Å²) < 4.78 is 26.6. The SMILES string of the molecule is CC1=C2C(O)C(=O)[C@]3(C)C(O)CC4OCC4(O)C3[C@H](OC(=O)c3ccccc3)C(O)(CC1OC(=O)C(Oc1cccc[n+]1C)C(NC(=O)c1ccccc1)c1ccccc1)C2(C)C.[Ac].[Ac]. The summed E-state index contributed by atoms with van der Waals surface area (Å²) in [6.07, 6.45) is -8.10. The van der Waals surface area contributed by atoms with Crippen molar-refractivity contribution in [1.29, 1.82) is 0 Å². The Labute approximate surface area is 449 Å². The van der Waals surface area contributed by atoms with E-state index in [1.165, 1.54) is 19.1 Å². The zero-order valence-corrected chi connectivity index (χ0v) is 46.4. The van der Waals surface area contributed by atoms with Crippen molar-refractivity contribution in [3.63, 3.8) is 0 Å². The van der Waals surface area contributed by atoms with Crippen LogP contribution in [-0.4, -0.2) is 98.5 Å². The van der Waals surface area contributed by atoms with Crippen molar-refractivity contribution in [3.8, 4) is 5.88 Å². The molecule has 1 aliphatic heterocycles. The first-order valence-corrected chi connectivity index (χ1v) is 21.1. The van der Waals surface area contributed by atoms with Crippen molar-refractivity contribution in [2.75, 3.05) is 6.61 Å². The fraction of sp³-hybridized carbons (Fsp3) is 0.408. The summed E-state index contributed by atoms with van der Waals surface area (Å²) in [4.78, 5) is 58.1. The van der Waals surface area contributed by atoms with E-state index in [4.69, 9.17) is 18.9 Å². The van der Waals surface area contributed by atoms with Crippen LogP contribution in [0, 0.1) is 105 Å². The summed E-state index contributed by atoms with van der Waals surface area (Å²) in [5.41, 5.74) is -6.61. The summed E-state index contributed by atoms with van der Waals surface area (Å²) in [7, 11) is 1.72. The number of ketones is 1. The number of amides is 1. The molecule has 16 heteroatoms. The van der Waals surface area contributed by atoms with Gasteiger partial charge in [-0.3, -0.25) is 9.59 Å². The molecule has 2 bridgehead atoms. The van der Waals surface area contributed by atoms with Crippen LogP contribution in [0.2, 0.25) is 0 Å². The Kier molecular flexibility index (Phi) is 15.8. The van der Waals surface area contributed by atoms with Crippen molar-refractivity contribution >= 4 is 23.6 Å². The maximum absolute atomic E-state index is 15.1. The van der Waals surface area contributed by atoms with Crippen LogP contribution in [0.4, 0.5) is 0 Å². The zero-order chi connectivity index (χ0) is 45.1. The zero-order valence-electron chi connectivity index (χ0n) is 36.9. The van der Waals surface area contributed by atoms with E-state index in [2.05, 4.69) is 5.32 Å². The Morgan fingerprint density at radius 2 is 1.42 bits per heavy atom. The van der Waals surface area contributed by atoms with E-state index >= 15 is 4.79 Å². The summed E-state index contributed by atoms with van der Waals surface area (Å²) in [5, 5.41) is 53.1. The Morgan fingerprint density at radius 3 is 2.00 bits per heavy atom. The third-order valence-corrected chi connectivity index (χ3v) is 14.1. The van der Waals surface area contributed by atoms with Gasteiger partial charge in [-0.1, -0.05) is 80.6 Å². The molecule has 9 unspecified atom stereocenters. The number of esters is 2. The van der Waals surface area contributed by atoms with Crippen LogP contribution in [0.5, 0.6) is 5.88 Å². The van der Waals surface area contributed by atoms with Crippen molar-refractivity contribution in [2.45, 2.75) is 94.4 Å². The number of benzene rings is 3. The first-order chi connectivity index (χ1) is 29.9. The number of pyridine rings is 1. The number of nitrogens with one attached hydrogen (secondary N) is 1. The van der Waals surface area contributed by atoms with Crippen LogP contribution in [0.15, 0.2) is 127 Å². The van der Waals surface area contributed by atoms with Crippen LogP contribution in [0.25, 0.3) is 0 Å². The average Bonchev–Trinajstić information content (AvgIpc) is 3.27. The first-order valence-electron chi connectivity index (χ1n) is 21.1. The largest absolute Gasteiger partial charge is 0.455 e. The molecule has 8 rings (SSSR count). The van der Waals surface area contributed by atoms with Crippen LogP contribution in [0.1, 0.15) is 72.9 Å². The number of carbonyl (C=O) groups is 4. The van der Waals surface area contributed by atoms with Gasteiger partial charge in [-0.25, -0.2) is 9.59 Å². The predicted molar refractivity (Wildman–Crippen MR) is 225 cm³/mol. The fourth-order valence-electron chi connectivity index (χ4n) is 10.4. The molecule has 1 amide bonds. The van der Waals surface area contributed by atoms with Gasteiger partial charge >= 0.3 is 17.8 Å². The quantitative estimate of drug-likeness (QED) is 0.0881. The predicted octanol–water partition coefficient (Wildman–Crippen LogP) is 3.51. The second kappa shape index (κ2) is 20.0. The fourth-order valence-corrected chi connectivity index (χ4v) is 10.4. The van der Waals surface area contributed by atoms with Gasteiger partial charge in [0.15, 0.2) is 12.0 Å². The number of hydrogen-bond donors (Lipinski definition) is 5. The smallest absolute Gasteiger partial charge is 0.368 e. The molecule has 65 heavy (non-hydrogen) atoms. The number of aromatic nitrogens is 1. The number of Topliss-reactive ketones (excluding diaryl/α,β-unsaturated/α-hetero) is 1. The number of nitrogens with zero attached hydrogens (tertiary/aromatic N) is 1. The molecule has 4 aliphatic rings. The molecule has 1 saturated heterocycles. The Morgan fingerprint density at radius 1 is 0.831 bits per heavy atom. The molecule has 1 aromatic heterocycles. The molecule has 2 heterocycles. The van der Waals surface area contributed by atoms with Crippen molar-refractivity contribution in [2.24, 2.45) is 23.8 Å². The van der Waals surface area contributed by atoms with Crippen molar-refractivity contribution in [3.05, 3.63) is 143 Å². The minimum absolute atomic E-state index is 0. The van der Waals surface area contributed by atoms with E-state index in [1.807, 2.05) is 0 Å². The standard InChI is InChI=1S/C49H52N2O12.2Ac/c1-28-32(61-45(57)39(62-35-23-15-16-24-51(35)5)37(29-17-9-6-10-18-29)50-43(55)30-19-11-7-12-20-30)26-49(59)42(63-44(56)31-21-13-8-14-22-31)40-47(4,33(52)25-34-48(40,58)27-60-34)41(54)38(53)36(28)46(49,2)3;;/h6-24,32-34,37-40,42,52-53,58-59H,25-27H2,1-5H3;;/p+1/t32?,33?,34?,37?,38?,39?,40?,42-,47+,48?,49?;;/m0../s1. The van der Waals surface area contributed by atoms with Crippen molar-refractivity contribution < 1.29 is 151 Å². The number of fused-ring (bicyclic) bond motifs is 5. The molecule has 4 aromatic rings. The Hall–Kier alpha value is -2.89.